The van der Waals surface area contributed by atoms with Crippen molar-refractivity contribution in [2.24, 2.45) is 29.1 Å². The Balaban J connectivity index is 1.20. The third kappa shape index (κ3) is 5.35. The SMILES string of the molecule is O=C(Nc1cccc(Cl)c1)NC1CCCC(C2CCCCC2)N(CC(=O)C23CC4CC(CC(C4)C2)C3)C1=O. The molecular weight excluding hydrogens is 498 g/mol. The second kappa shape index (κ2) is 10.8. The molecule has 2 atom stereocenters. The molecule has 1 saturated heterocycles. The molecule has 6 fully saturated rings. The van der Waals surface area contributed by atoms with Crippen molar-refractivity contribution >= 4 is 35.0 Å². The van der Waals surface area contributed by atoms with Crippen LogP contribution in [-0.4, -0.2) is 41.2 Å². The monoisotopic (exact) mass is 539 g/mol. The summed E-state index contributed by atoms with van der Waals surface area (Å²) in [5.41, 5.74) is 0.371. The number of anilines is 1. The van der Waals surface area contributed by atoms with Crippen LogP contribution >= 0.6 is 11.6 Å². The van der Waals surface area contributed by atoms with E-state index in [2.05, 4.69) is 10.6 Å². The first-order chi connectivity index (χ1) is 18.4. The normalized spacial score (nSPS) is 35.1. The highest BCUT2D eigenvalue weighted by molar-refractivity contribution is 6.30. The minimum Gasteiger partial charge on any atom is -0.330 e. The number of benzene rings is 1. The third-order valence-electron chi connectivity index (χ3n) is 10.5. The molecule has 5 aliphatic carbocycles. The molecule has 1 aromatic rings. The molecule has 206 valence electrons. The topological polar surface area (TPSA) is 78.5 Å². The van der Waals surface area contributed by atoms with Gasteiger partial charge in [0.1, 0.15) is 6.04 Å². The molecule has 4 bridgehead atoms. The second-order valence-electron chi connectivity index (χ2n) is 13.1. The fraction of sp³-hybridized carbons (Fsp3) is 0.710. The highest BCUT2D eigenvalue weighted by Gasteiger charge is 2.55. The molecule has 3 amide bonds. The fourth-order valence-corrected chi connectivity index (χ4v) is 9.37. The van der Waals surface area contributed by atoms with Crippen LogP contribution in [0.4, 0.5) is 10.5 Å². The summed E-state index contributed by atoms with van der Waals surface area (Å²) < 4.78 is 0. The largest absolute Gasteiger partial charge is 0.330 e. The van der Waals surface area contributed by atoms with Gasteiger partial charge in [0.15, 0.2) is 5.78 Å². The first-order valence-electron chi connectivity index (χ1n) is 15.1. The number of halogens is 1. The Hall–Kier alpha value is -2.08. The lowest BCUT2D eigenvalue weighted by atomic mass is 9.48. The molecule has 1 aliphatic heterocycles. The Bertz CT molecular complexity index is 1030. The van der Waals surface area contributed by atoms with E-state index in [0.29, 0.717) is 46.6 Å². The van der Waals surface area contributed by atoms with Crippen LogP contribution in [0.15, 0.2) is 24.3 Å². The minimum absolute atomic E-state index is 0.0719. The Morgan fingerprint density at radius 3 is 2.26 bits per heavy atom. The predicted octanol–water partition coefficient (Wildman–Crippen LogP) is 6.58. The molecule has 6 aliphatic rings. The van der Waals surface area contributed by atoms with Crippen LogP contribution in [-0.2, 0) is 9.59 Å². The predicted molar refractivity (Wildman–Crippen MR) is 149 cm³/mol. The van der Waals surface area contributed by atoms with E-state index >= 15 is 0 Å². The molecule has 1 heterocycles. The van der Waals surface area contributed by atoms with Crippen LogP contribution in [0, 0.1) is 29.1 Å². The molecule has 1 aromatic carbocycles. The van der Waals surface area contributed by atoms with Crippen LogP contribution in [0.3, 0.4) is 0 Å². The zero-order chi connectivity index (χ0) is 26.3. The summed E-state index contributed by atoms with van der Waals surface area (Å²) in [4.78, 5) is 43.1. The van der Waals surface area contributed by atoms with Crippen molar-refractivity contribution in [2.75, 3.05) is 11.9 Å². The summed E-state index contributed by atoms with van der Waals surface area (Å²) in [6.45, 7) is 0.222. The number of nitrogens with zero attached hydrogens (tertiary/aromatic N) is 1. The van der Waals surface area contributed by atoms with Gasteiger partial charge in [-0.15, -0.1) is 0 Å². The lowest BCUT2D eigenvalue weighted by molar-refractivity contribution is -0.151. The number of Topliss-reactive ketones (excluding diaryl/α,β-unsaturated/α-hetero) is 1. The fourth-order valence-electron chi connectivity index (χ4n) is 9.18. The van der Waals surface area contributed by atoms with Crippen molar-refractivity contribution in [1.29, 1.82) is 0 Å². The van der Waals surface area contributed by atoms with E-state index < -0.39 is 12.1 Å². The van der Waals surface area contributed by atoms with Crippen molar-refractivity contribution in [3.05, 3.63) is 29.3 Å². The van der Waals surface area contributed by atoms with E-state index in [4.69, 9.17) is 11.6 Å². The number of carbonyl (C=O) groups excluding carboxylic acids is 3. The number of ketones is 1. The molecule has 0 aromatic heterocycles. The van der Waals surface area contributed by atoms with Crippen molar-refractivity contribution in [2.45, 2.75) is 102 Å². The number of rotatable bonds is 6. The number of amides is 3. The quantitative estimate of drug-likeness (QED) is 0.428. The zero-order valence-electron chi connectivity index (χ0n) is 22.4. The molecule has 7 heteroatoms. The molecule has 2 unspecified atom stereocenters. The molecule has 0 radical (unpaired) electrons. The highest BCUT2D eigenvalue weighted by Crippen LogP contribution is 2.60. The smallest absolute Gasteiger partial charge is 0.319 e. The van der Waals surface area contributed by atoms with Gasteiger partial charge in [-0.3, -0.25) is 9.59 Å². The van der Waals surface area contributed by atoms with E-state index in [-0.39, 0.29) is 23.9 Å². The first-order valence-corrected chi connectivity index (χ1v) is 15.4. The van der Waals surface area contributed by atoms with Gasteiger partial charge < -0.3 is 15.5 Å². The summed E-state index contributed by atoms with van der Waals surface area (Å²) in [5.74, 6) is 2.78. The third-order valence-corrected chi connectivity index (χ3v) is 10.7. The van der Waals surface area contributed by atoms with Crippen molar-refractivity contribution in [3.8, 4) is 0 Å². The average molecular weight is 540 g/mol. The van der Waals surface area contributed by atoms with E-state index in [1.807, 2.05) is 4.90 Å². The minimum atomic E-state index is -0.619. The molecule has 0 spiro atoms. The van der Waals surface area contributed by atoms with Gasteiger partial charge in [-0.1, -0.05) is 36.9 Å². The maximum Gasteiger partial charge on any atom is 0.319 e. The standard InChI is InChI=1S/C31H42ClN3O3/c32-24-8-4-9-25(15-24)33-30(38)34-26-10-5-11-27(23-6-2-1-3-7-23)35(29(26)37)19-28(36)31-16-20-12-21(17-31)14-22(13-20)18-31/h4,8-9,15,20-23,26-27H,1-3,5-7,10-14,16-19H2,(H2,33,34,38). The summed E-state index contributed by atoms with van der Waals surface area (Å²) in [7, 11) is 0. The Morgan fingerprint density at radius 1 is 0.921 bits per heavy atom. The van der Waals surface area contributed by atoms with Gasteiger partial charge >= 0.3 is 6.03 Å². The summed E-state index contributed by atoms with van der Waals surface area (Å²) in [5, 5.41) is 6.30. The van der Waals surface area contributed by atoms with Gasteiger partial charge in [-0.25, -0.2) is 4.79 Å². The number of nitrogens with one attached hydrogen (secondary N) is 2. The van der Waals surface area contributed by atoms with Gasteiger partial charge in [0.25, 0.3) is 0 Å². The van der Waals surface area contributed by atoms with E-state index in [9.17, 15) is 14.4 Å². The Kier molecular flexibility index (Phi) is 7.45. The number of hydrogen-bond acceptors (Lipinski definition) is 3. The van der Waals surface area contributed by atoms with Crippen LogP contribution in [0.25, 0.3) is 0 Å². The van der Waals surface area contributed by atoms with E-state index in [0.717, 1.165) is 44.9 Å². The van der Waals surface area contributed by atoms with Gasteiger partial charge in [0.05, 0.1) is 6.54 Å². The zero-order valence-corrected chi connectivity index (χ0v) is 23.2. The summed E-state index contributed by atoms with van der Waals surface area (Å²) >= 11 is 6.07. The molecular formula is C31H42ClN3O3. The Morgan fingerprint density at radius 2 is 1.61 bits per heavy atom. The molecule has 6 nitrogen and oxygen atoms in total. The lowest BCUT2D eigenvalue weighted by Gasteiger charge is -2.56. The summed E-state index contributed by atoms with van der Waals surface area (Å²) in [6, 6.07) is 6.07. The van der Waals surface area contributed by atoms with Crippen molar-refractivity contribution < 1.29 is 14.4 Å². The van der Waals surface area contributed by atoms with Crippen molar-refractivity contribution in [1.82, 2.24) is 10.2 Å². The lowest BCUT2D eigenvalue weighted by Crippen LogP contribution is -2.57. The van der Waals surface area contributed by atoms with Crippen LogP contribution in [0.1, 0.15) is 89.9 Å². The highest BCUT2D eigenvalue weighted by atomic mass is 35.5. The van der Waals surface area contributed by atoms with Crippen LogP contribution in [0.2, 0.25) is 5.02 Å². The maximum absolute atomic E-state index is 14.1. The molecule has 7 rings (SSSR count). The van der Waals surface area contributed by atoms with E-state index in [1.165, 1.54) is 38.5 Å². The van der Waals surface area contributed by atoms with Crippen LogP contribution < -0.4 is 10.6 Å². The summed E-state index contributed by atoms with van der Waals surface area (Å²) in [6.07, 6.45) is 15.3. The Labute approximate surface area is 231 Å². The maximum atomic E-state index is 14.1. The number of urea groups is 1. The molecule has 2 N–H and O–H groups in total. The second-order valence-corrected chi connectivity index (χ2v) is 13.6. The number of likely N-dealkylation sites (tertiary alicyclic amines) is 1. The van der Waals surface area contributed by atoms with Gasteiger partial charge in [-0.05, 0) is 112 Å². The van der Waals surface area contributed by atoms with Crippen LogP contribution in [0.5, 0.6) is 0 Å². The van der Waals surface area contributed by atoms with Gasteiger partial charge in [0.2, 0.25) is 5.91 Å². The molecule has 38 heavy (non-hydrogen) atoms. The number of carbonyl (C=O) groups is 3. The van der Waals surface area contributed by atoms with Gasteiger partial charge in [0, 0.05) is 22.2 Å². The number of hydrogen-bond donors (Lipinski definition) is 2. The average Bonchev–Trinajstić information content (AvgIpc) is 3.02. The van der Waals surface area contributed by atoms with E-state index in [1.54, 1.807) is 24.3 Å². The first kappa shape index (κ1) is 26.2. The van der Waals surface area contributed by atoms with Crippen molar-refractivity contribution in [3.63, 3.8) is 0 Å². The van der Waals surface area contributed by atoms with Gasteiger partial charge in [-0.2, -0.15) is 0 Å². The molecule has 5 saturated carbocycles.